The van der Waals surface area contributed by atoms with Gasteiger partial charge in [0, 0.05) is 12.5 Å². The predicted molar refractivity (Wildman–Crippen MR) is 95.3 cm³/mol. The van der Waals surface area contributed by atoms with E-state index in [0.29, 0.717) is 5.56 Å². The number of ether oxygens (including phenoxy) is 4. The molecule has 1 heterocycles. The van der Waals surface area contributed by atoms with Crippen LogP contribution in [0.1, 0.15) is 38.1 Å². The van der Waals surface area contributed by atoms with Gasteiger partial charge in [-0.3, -0.25) is 0 Å². The minimum atomic E-state index is -0.783. The van der Waals surface area contributed by atoms with Gasteiger partial charge in [-0.05, 0) is 26.0 Å². The van der Waals surface area contributed by atoms with E-state index in [4.69, 9.17) is 18.9 Å². The zero-order valence-corrected chi connectivity index (χ0v) is 15.7. The summed E-state index contributed by atoms with van der Waals surface area (Å²) in [6.07, 6.45) is 0.421. The Morgan fingerprint density at radius 2 is 2.00 bits per heavy atom. The second-order valence-corrected chi connectivity index (χ2v) is 7.28. The minimum Gasteiger partial charge on any atom is -0.453 e. The van der Waals surface area contributed by atoms with E-state index in [1.54, 1.807) is 31.4 Å². The van der Waals surface area contributed by atoms with Gasteiger partial charge in [0.15, 0.2) is 11.9 Å². The van der Waals surface area contributed by atoms with Crippen molar-refractivity contribution in [1.82, 2.24) is 0 Å². The SMILES string of the molecule is C=CC(C)(C)[C@H](OC)[C@H]1OC(C)(C)OC[C@H]1OC(=O)c1ccccc1. The summed E-state index contributed by atoms with van der Waals surface area (Å²) in [5.74, 6) is -1.19. The van der Waals surface area contributed by atoms with Gasteiger partial charge in [0.2, 0.25) is 0 Å². The Morgan fingerprint density at radius 1 is 1.36 bits per heavy atom. The topological polar surface area (TPSA) is 54.0 Å². The molecule has 0 amide bonds. The van der Waals surface area contributed by atoms with Gasteiger partial charge in [0.05, 0.1) is 18.3 Å². The number of rotatable bonds is 6. The van der Waals surface area contributed by atoms with Crippen LogP contribution in [0.5, 0.6) is 0 Å². The maximum absolute atomic E-state index is 12.5. The molecule has 3 atom stereocenters. The molecule has 0 spiro atoms. The molecule has 1 aromatic carbocycles. The highest BCUT2D eigenvalue weighted by Gasteiger charge is 2.47. The Bertz CT molecular complexity index is 593. The Kier molecular flexibility index (Phi) is 6.03. The van der Waals surface area contributed by atoms with Crippen molar-refractivity contribution in [2.24, 2.45) is 5.41 Å². The average molecular weight is 348 g/mol. The molecule has 0 bridgehead atoms. The van der Waals surface area contributed by atoms with Crippen molar-refractivity contribution < 1.29 is 23.7 Å². The summed E-state index contributed by atoms with van der Waals surface area (Å²) >= 11 is 0. The van der Waals surface area contributed by atoms with E-state index in [2.05, 4.69) is 6.58 Å². The zero-order chi connectivity index (χ0) is 18.7. The molecule has 2 rings (SSSR count). The number of esters is 1. The van der Waals surface area contributed by atoms with Crippen molar-refractivity contribution in [3.05, 3.63) is 48.6 Å². The van der Waals surface area contributed by atoms with Crippen molar-refractivity contribution >= 4 is 5.97 Å². The molecule has 0 aliphatic carbocycles. The van der Waals surface area contributed by atoms with Gasteiger partial charge in [-0.2, -0.15) is 0 Å². The Labute approximate surface area is 149 Å². The number of carbonyl (C=O) groups is 1. The van der Waals surface area contributed by atoms with Crippen LogP contribution in [-0.4, -0.2) is 43.8 Å². The fourth-order valence-electron chi connectivity index (χ4n) is 2.93. The molecule has 1 saturated heterocycles. The quantitative estimate of drug-likeness (QED) is 0.581. The van der Waals surface area contributed by atoms with Crippen LogP contribution < -0.4 is 0 Å². The lowest BCUT2D eigenvalue weighted by Gasteiger charge is -2.46. The van der Waals surface area contributed by atoms with Crippen LogP contribution in [0.2, 0.25) is 0 Å². The van der Waals surface area contributed by atoms with Crippen LogP contribution in [-0.2, 0) is 18.9 Å². The Hall–Kier alpha value is -1.69. The van der Waals surface area contributed by atoms with Gasteiger partial charge >= 0.3 is 5.97 Å². The van der Waals surface area contributed by atoms with E-state index in [9.17, 15) is 4.79 Å². The van der Waals surface area contributed by atoms with E-state index in [0.717, 1.165) is 0 Å². The molecule has 0 saturated carbocycles. The van der Waals surface area contributed by atoms with Crippen LogP contribution in [0.15, 0.2) is 43.0 Å². The van der Waals surface area contributed by atoms with Gasteiger partial charge in [0.1, 0.15) is 6.10 Å². The third-order valence-corrected chi connectivity index (χ3v) is 4.46. The molecule has 0 radical (unpaired) electrons. The van der Waals surface area contributed by atoms with Gasteiger partial charge in [0.25, 0.3) is 0 Å². The maximum Gasteiger partial charge on any atom is 0.338 e. The van der Waals surface area contributed by atoms with Gasteiger partial charge in [-0.1, -0.05) is 38.1 Å². The second kappa shape index (κ2) is 7.68. The lowest BCUT2D eigenvalue weighted by molar-refractivity contribution is -0.324. The molecule has 5 nitrogen and oxygen atoms in total. The molecule has 1 aliphatic heterocycles. The summed E-state index contributed by atoms with van der Waals surface area (Å²) in [5, 5.41) is 0. The van der Waals surface area contributed by atoms with Crippen molar-refractivity contribution in [2.75, 3.05) is 13.7 Å². The number of hydrogen-bond donors (Lipinski definition) is 0. The first-order chi connectivity index (χ1) is 11.7. The Balaban J connectivity index is 2.24. The van der Waals surface area contributed by atoms with Crippen LogP contribution >= 0.6 is 0 Å². The van der Waals surface area contributed by atoms with Crippen molar-refractivity contribution in [2.45, 2.75) is 51.8 Å². The van der Waals surface area contributed by atoms with Crippen LogP contribution in [0.4, 0.5) is 0 Å². The number of benzene rings is 1. The van der Waals surface area contributed by atoms with Crippen LogP contribution in [0, 0.1) is 5.41 Å². The molecule has 138 valence electrons. The third-order valence-electron chi connectivity index (χ3n) is 4.46. The Morgan fingerprint density at radius 3 is 2.56 bits per heavy atom. The number of hydrogen-bond acceptors (Lipinski definition) is 5. The normalized spacial score (nSPS) is 24.4. The molecular formula is C20H28O5. The summed E-state index contributed by atoms with van der Waals surface area (Å²) in [5.41, 5.74) is 0.118. The average Bonchev–Trinajstić information content (AvgIpc) is 2.58. The van der Waals surface area contributed by atoms with E-state index < -0.39 is 24.0 Å². The van der Waals surface area contributed by atoms with E-state index in [1.165, 1.54) is 0 Å². The molecule has 5 heteroatoms. The predicted octanol–water partition coefficient (Wildman–Crippen LogP) is 3.59. The molecule has 0 aromatic heterocycles. The largest absolute Gasteiger partial charge is 0.453 e. The fourth-order valence-corrected chi connectivity index (χ4v) is 2.93. The molecule has 0 N–H and O–H groups in total. The summed E-state index contributed by atoms with van der Waals surface area (Å²) in [4.78, 5) is 12.5. The van der Waals surface area contributed by atoms with Crippen molar-refractivity contribution in [3.8, 4) is 0 Å². The highest BCUT2D eigenvalue weighted by atomic mass is 16.7. The first-order valence-electron chi connectivity index (χ1n) is 8.44. The summed E-state index contributed by atoms with van der Waals surface area (Å²) < 4.78 is 23.2. The lowest BCUT2D eigenvalue weighted by Crippen LogP contribution is -2.58. The molecule has 1 aliphatic rings. The minimum absolute atomic E-state index is 0.239. The van der Waals surface area contributed by atoms with Gasteiger partial charge in [-0.15, -0.1) is 6.58 Å². The monoisotopic (exact) mass is 348 g/mol. The van der Waals surface area contributed by atoms with Crippen LogP contribution in [0.25, 0.3) is 0 Å². The first kappa shape index (κ1) is 19.6. The molecule has 25 heavy (non-hydrogen) atoms. The van der Waals surface area contributed by atoms with Crippen LogP contribution in [0.3, 0.4) is 0 Å². The van der Waals surface area contributed by atoms with E-state index in [1.807, 2.05) is 39.8 Å². The van der Waals surface area contributed by atoms with Crippen molar-refractivity contribution in [1.29, 1.82) is 0 Å². The lowest BCUT2D eigenvalue weighted by atomic mass is 9.81. The third kappa shape index (κ3) is 4.69. The summed E-state index contributed by atoms with van der Waals surface area (Å²) in [7, 11) is 1.62. The number of methoxy groups -OCH3 is 1. The fraction of sp³-hybridized carbons (Fsp3) is 0.550. The molecule has 0 unspecified atom stereocenters. The highest BCUT2D eigenvalue weighted by molar-refractivity contribution is 5.89. The summed E-state index contributed by atoms with van der Waals surface area (Å²) in [6, 6.07) is 8.87. The summed E-state index contributed by atoms with van der Waals surface area (Å²) in [6.45, 7) is 11.8. The highest BCUT2D eigenvalue weighted by Crippen LogP contribution is 2.35. The smallest absolute Gasteiger partial charge is 0.338 e. The van der Waals surface area contributed by atoms with Gasteiger partial charge < -0.3 is 18.9 Å². The van der Waals surface area contributed by atoms with E-state index in [-0.39, 0.29) is 18.1 Å². The van der Waals surface area contributed by atoms with E-state index >= 15 is 0 Å². The maximum atomic E-state index is 12.5. The molecular weight excluding hydrogens is 320 g/mol. The zero-order valence-electron chi connectivity index (χ0n) is 15.7. The standard InChI is InChI=1S/C20H28O5/c1-7-19(2,3)17(22-6)16-15(13-23-20(4,5)25-16)24-18(21)14-11-9-8-10-12-14/h7-12,15-17H,1,13H2,2-6H3/t15-,16+,17-/m1/s1. The molecule has 1 fully saturated rings. The number of carbonyl (C=O) groups excluding carboxylic acids is 1. The van der Waals surface area contributed by atoms with Crippen molar-refractivity contribution in [3.63, 3.8) is 0 Å². The molecule has 1 aromatic rings. The first-order valence-corrected chi connectivity index (χ1v) is 8.44. The van der Waals surface area contributed by atoms with Gasteiger partial charge in [-0.25, -0.2) is 4.79 Å². The second-order valence-electron chi connectivity index (χ2n) is 7.28.